The molecular weight excluding hydrogens is 416 g/mol. The van der Waals surface area contributed by atoms with E-state index in [1.165, 1.54) is 11.1 Å². The van der Waals surface area contributed by atoms with Crippen molar-refractivity contribution in [1.82, 2.24) is 19.6 Å². The maximum Gasteiger partial charge on any atom is 0.253 e. The zero-order chi connectivity index (χ0) is 20.7. The molecule has 1 atom stereocenters. The van der Waals surface area contributed by atoms with Crippen LogP contribution in [0.2, 0.25) is 5.02 Å². The summed E-state index contributed by atoms with van der Waals surface area (Å²) in [7, 11) is 0. The first kappa shape index (κ1) is 19.3. The Hall–Kier alpha value is -2.70. The van der Waals surface area contributed by atoms with E-state index in [1.54, 1.807) is 22.5 Å². The van der Waals surface area contributed by atoms with Gasteiger partial charge in [0.15, 0.2) is 5.78 Å². The van der Waals surface area contributed by atoms with E-state index in [-0.39, 0.29) is 11.7 Å². The SMILES string of the molecule is Cc1ccc(CSc2nc3ncc4c(n3n2)CC(c2ccc(Cl)cc2)CC4=O)cc1. The largest absolute Gasteiger partial charge is 0.294 e. The molecule has 2 aromatic carbocycles. The molecule has 1 aliphatic carbocycles. The summed E-state index contributed by atoms with van der Waals surface area (Å²) in [5.74, 6) is 1.51. The van der Waals surface area contributed by atoms with Gasteiger partial charge in [0, 0.05) is 23.4 Å². The van der Waals surface area contributed by atoms with Crippen LogP contribution in [0.15, 0.2) is 59.9 Å². The summed E-state index contributed by atoms with van der Waals surface area (Å²) in [5.41, 5.74) is 5.10. The van der Waals surface area contributed by atoms with E-state index in [2.05, 4.69) is 46.3 Å². The maximum atomic E-state index is 12.8. The first-order chi connectivity index (χ1) is 14.6. The molecule has 0 saturated heterocycles. The topological polar surface area (TPSA) is 60.1 Å². The summed E-state index contributed by atoms with van der Waals surface area (Å²) in [4.78, 5) is 21.7. The average molecular weight is 435 g/mol. The van der Waals surface area contributed by atoms with Gasteiger partial charge in [0.1, 0.15) is 0 Å². The fraction of sp³-hybridized carbons (Fsp3) is 0.217. The van der Waals surface area contributed by atoms with E-state index in [1.807, 2.05) is 24.3 Å². The molecule has 0 aliphatic heterocycles. The Morgan fingerprint density at radius 2 is 1.87 bits per heavy atom. The highest BCUT2D eigenvalue weighted by Crippen LogP contribution is 2.33. The van der Waals surface area contributed by atoms with Crippen molar-refractivity contribution in [3.63, 3.8) is 0 Å². The van der Waals surface area contributed by atoms with E-state index in [0.29, 0.717) is 34.4 Å². The van der Waals surface area contributed by atoms with Gasteiger partial charge in [-0.15, -0.1) is 5.10 Å². The number of rotatable bonds is 4. The van der Waals surface area contributed by atoms with Crippen LogP contribution in [0.4, 0.5) is 0 Å². The van der Waals surface area contributed by atoms with Crippen LogP contribution in [0.3, 0.4) is 0 Å². The molecule has 0 amide bonds. The number of hydrogen-bond donors (Lipinski definition) is 0. The first-order valence-corrected chi connectivity index (χ1v) is 11.1. The Balaban J connectivity index is 1.44. The number of nitrogens with zero attached hydrogens (tertiary/aromatic N) is 4. The van der Waals surface area contributed by atoms with Crippen LogP contribution < -0.4 is 0 Å². The van der Waals surface area contributed by atoms with Crippen molar-refractivity contribution in [2.75, 3.05) is 0 Å². The second kappa shape index (κ2) is 7.85. The second-order valence-electron chi connectivity index (χ2n) is 7.58. The average Bonchev–Trinajstić information content (AvgIpc) is 3.17. The number of fused-ring (bicyclic) bond motifs is 3. The molecule has 4 aromatic rings. The third-order valence-corrected chi connectivity index (χ3v) is 6.61. The predicted molar refractivity (Wildman–Crippen MR) is 118 cm³/mol. The summed E-state index contributed by atoms with van der Waals surface area (Å²) in [6.07, 6.45) is 2.83. The number of carbonyl (C=O) groups is 1. The van der Waals surface area contributed by atoms with Crippen LogP contribution in [0.1, 0.15) is 45.1 Å². The summed E-state index contributed by atoms with van der Waals surface area (Å²) in [6, 6.07) is 16.2. The van der Waals surface area contributed by atoms with Crippen molar-refractivity contribution in [2.45, 2.75) is 36.6 Å². The first-order valence-electron chi connectivity index (χ1n) is 9.78. The number of thioether (sulfide) groups is 1. The number of halogens is 1. The van der Waals surface area contributed by atoms with Gasteiger partial charge in [0.05, 0.1) is 11.3 Å². The molecule has 1 aliphatic rings. The third kappa shape index (κ3) is 3.73. The monoisotopic (exact) mass is 434 g/mol. The number of hydrogen-bond acceptors (Lipinski definition) is 5. The minimum absolute atomic E-state index is 0.0926. The fourth-order valence-electron chi connectivity index (χ4n) is 3.79. The second-order valence-corrected chi connectivity index (χ2v) is 8.96. The Morgan fingerprint density at radius 3 is 2.63 bits per heavy atom. The Bertz CT molecular complexity index is 1230. The molecule has 0 saturated carbocycles. The lowest BCUT2D eigenvalue weighted by Gasteiger charge is -2.23. The van der Waals surface area contributed by atoms with Crippen LogP contribution in [0.25, 0.3) is 5.78 Å². The lowest BCUT2D eigenvalue weighted by molar-refractivity contribution is 0.0962. The van der Waals surface area contributed by atoms with Crippen molar-refractivity contribution in [1.29, 1.82) is 0 Å². The molecular formula is C23H19ClN4OS. The minimum atomic E-state index is 0.0926. The molecule has 150 valence electrons. The van der Waals surface area contributed by atoms with Crippen LogP contribution in [0, 0.1) is 6.92 Å². The van der Waals surface area contributed by atoms with Crippen molar-refractivity contribution in [2.24, 2.45) is 0 Å². The smallest absolute Gasteiger partial charge is 0.253 e. The normalized spacial score (nSPS) is 16.1. The van der Waals surface area contributed by atoms with Gasteiger partial charge in [-0.1, -0.05) is 65.3 Å². The van der Waals surface area contributed by atoms with Crippen LogP contribution in [-0.2, 0) is 12.2 Å². The molecule has 30 heavy (non-hydrogen) atoms. The number of ketones is 1. The molecule has 0 N–H and O–H groups in total. The lowest BCUT2D eigenvalue weighted by atomic mass is 9.82. The van der Waals surface area contributed by atoms with Gasteiger partial charge >= 0.3 is 0 Å². The fourth-order valence-corrected chi connectivity index (χ4v) is 4.69. The molecule has 0 fully saturated rings. The molecule has 5 rings (SSSR count). The molecule has 5 nitrogen and oxygen atoms in total. The Kier molecular flexibility index (Phi) is 5.05. The quantitative estimate of drug-likeness (QED) is 0.408. The Labute approximate surface area is 183 Å². The lowest BCUT2D eigenvalue weighted by Crippen LogP contribution is -2.22. The molecule has 0 spiro atoms. The van der Waals surface area contributed by atoms with Crippen LogP contribution in [-0.4, -0.2) is 25.4 Å². The highest BCUT2D eigenvalue weighted by molar-refractivity contribution is 7.98. The number of aromatic nitrogens is 4. The van der Waals surface area contributed by atoms with Gasteiger partial charge in [-0.3, -0.25) is 4.79 Å². The van der Waals surface area contributed by atoms with Crippen LogP contribution >= 0.6 is 23.4 Å². The molecule has 0 bridgehead atoms. The number of carbonyl (C=O) groups excluding carboxylic acids is 1. The van der Waals surface area contributed by atoms with Gasteiger partial charge < -0.3 is 0 Å². The van der Waals surface area contributed by atoms with E-state index < -0.39 is 0 Å². The predicted octanol–water partition coefficient (Wildman–Crippen LogP) is 5.29. The van der Waals surface area contributed by atoms with Crippen molar-refractivity contribution in [3.05, 3.63) is 87.7 Å². The number of Topliss-reactive ketones (excluding diaryl/α,β-unsaturated/α-hetero) is 1. The molecule has 7 heteroatoms. The summed E-state index contributed by atoms with van der Waals surface area (Å²) < 4.78 is 1.74. The van der Waals surface area contributed by atoms with E-state index in [4.69, 9.17) is 11.6 Å². The minimum Gasteiger partial charge on any atom is -0.294 e. The van der Waals surface area contributed by atoms with Gasteiger partial charge in [0.2, 0.25) is 5.16 Å². The van der Waals surface area contributed by atoms with E-state index in [9.17, 15) is 4.79 Å². The van der Waals surface area contributed by atoms with Gasteiger partial charge in [-0.25, -0.2) is 4.98 Å². The zero-order valence-electron chi connectivity index (χ0n) is 16.4. The molecule has 0 radical (unpaired) electrons. The zero-order valence-corrected chi connectivity index (χ0v) is 18.0. The van der Waals surface area contributed by atoms with E-state index >= 15 is 0 Å². The summed E-state index contributed by atoms with van der Waals surface area (Å²) in [6.45, 7) is 2.08. The maximum absolute atomic E-state index is 12.8. The number of benzene rings is 2. The summed E-state index contributed by atoms with van der Waals surface area (Å²) in [5, 5.41) is 6.03. The summed E-state index contributed by atoms with van der Waals surface area (Å²) >= 11 is 7.60. The molecule has 2 aromatic heterocycles. The number of aryl methyl sites for hydroxylation is 1. The van der Waals surface area contributed by atoms with Gasteiger partial charge in [-0.2, -0.15) is 9.50 Å². The van der Waals surface area contributed by atoms with Crippen molar-refractivity contribution >= 4 is 34.9 Å². The third-order valence-electron chi connectivity index (χ3n) is 5.45. The van der Waals surface area contributed by atoms with Gasteiger partial charge in [-0.05, 0) is 42.5 Å². The highest BCUT2D eigenvalue weighted by atomic mass is 35.5. The van der Waals surface area contributed by atoms with Crippen LogP contribution in [0.5, 0.6) is 0 Å². The Morgan fingerprint density at radius 1 is 1.10 bits per heavy atom. The van der Waals surface area contributed by atoms with Crippen molar-refractivity contribution in [3.8, 4) is 0 Å². The highest BCUT2D eigenvalue weighted by Gasteiger charge is 2.29. The van der Waals surface area contributed by atoms with Gasteiger partial charge in [0.25, 0.3) is 5.78 Å². The van der Waals surface area contributed by atoms with Crippen molar-refractivity contribution < 1.29 is 4.79 Å². The standard InChI is InChI=1S/C23H19ClN4OS/c1-14-2-4-15(5-3-14)13-30-23-26-22-25-12-19-20(28(22)27-23)10-17(11-21(19)29)16-6-8-18(24)9-7-16/h2-9,12,17H,10-11,13H2,1H3. The molecule has 1 unspecified atom stereocenters. The molecule has 2 heterocycles. The van der Waals surface area contributed by atoms with E-state index in [0.717, 1.165) is 17.0 Å².